The van der Waals surface area contributed by atoms with Crippen LogP contribution < -0.4 is 4.90 Å². The lowest BCUT2D eigenvalue weighted by Gasteiger charge is -2.29. The molecule has 4 aromatic carbocycles. The van der Waals surface area contributed by atoms with Gasteiger partial charge in [-0.15, -0.1) is 0 Å². The maximum Gasteiger partial charge on any atom is 0.266 e. The minimum absolute atomic E-state index is 0.0350. The Morgan fingerprint density at radius 2 is 1.11 bits per heavy atom. The van der Waals surface area contributed by atoms with E-state index in [1.165, 1.54) is 49.5 Å². The lowest BCUT2D eigenvalue weighted by molar-refractivity contribution is 0.0692. The molecule has 0 radical (unpaired) electrons. The molecule has 0 N–H and O–H groups in total. The number of hydrogen-bond donors (Lipinski definition) is 0. The van der Waals surface area contributed by atoms with Crippen LogP contribution in [0, 0.1) is 13.8 Å². The van der Waals surface area contributed by atoms with Gasteiger partial charge in [0.2, 0.25) is 0 Å². The molecule has 0 unspecified atom stereocenters. The highest BCUT2D eigenvalue weighted by molar-refractivity contribution is 6.34. The predicted octanol–water partition coefficient (Wildman–Crippen LogP) is 6.69. The van der Waals surface area contributed by atoms with E-state index in [9.17, 15) is 32.3 Å². The Morgan fingerprint density at radius 3 is 1.70 bits per heavy atom. The van der Waals surface area contributed by atoms with E-state index in [0.29, 0.717) is 11.1 Å². The summed E-state index contributed by atoms with van der Waals surface area (Å²) in [4.78, 5) is 53.9. The SMILES string of the molecule is Cc1ccc(-c2ccc(N3C(=O)c4ccc(C(CF)(CF)c5ccc6c(c5)C(=O)N(C)C6=O)cc4C3=O)cc2CF)c(C)c1. The quantitative estimate of drug-likeness (QED) is 0.223. The number of alkyl halides is 3. The van der Waals surface area contributed by atoms with Gasteiger partial charge in [-0.1, -0.05) is 42.0 Å². The smallest absolute Gasteiger partial charge is 0.266 e. The Hall–Kier alpha value is -5.05. The molecule has 44 heavy (non-hydrogen) atoms. The first-order valence-corrected chi connectivity index (χ1v) is 13.9. The summed E-state index contributed by atoms with van der Waals surface area (Å²) in [5, 5.41) is 0. The summed E-state index contributed by atoms with van der Waals surface area (Å²) >= 11 is 0. The van der Waals surface area contributed by atoms with Crippen molar-refractivity contribution in [2.45, 2.75) is 25.9 Å². The summed E-state index contributed by atoms with van der Waals surface area (Å²) in [6.07, 6.45) is 0. The molecule has 2 heterocycles. The van der Waals surface area contributed by atoms with E-state index in [0.717, 1.165) is 26.5 Å². The molecule has 6 nitrogen and oxygen atoms in total. The molecule has 2 aliphatic rings. The fraction of sp³-hybridized carbons (Fsp3) is 0.200. The number of benzene rings is 4. The van der Waals surface area contributed by atoms with Gasteiger partial charge in [-0.3, -0.25) is 24.1 Å². The van der Waals surface area contributed by atoms with Gasteiger partial charge in [-0.2, -0.15) is 0 Å². The third-order valence-electron chi connectivity index (χ3n) is 8.70. The van der Waals surface area contributed by atoms with Gasteiger partial charge < -0.3 is 0 Å². The molecule has 222 valence electrons. The van der Waals surface area contributed by atoms with Crippen LogP contribution in [0.4, 0.5) is 18.9 Å². The van der Waals surface area contributed by atoms with Gasteiger partial charge in [0.1, 0.15) is 20.0 Å². The van der Waals surface area contributed by atoms with Crippen LogP contribution in [0.1, 0.15) is 69.2 Å². The van der Waals surface area contributed by atoms with Crippen molar-refractivity contribution in [3.05, 3.63) is 123 Å². The van der Waals surface area contributed by atoms with Gasteiger partial charge in [-0.25, -0.2) is 18.1 Å². The highest BCUT2D eigenvalue weighted by atomic mass is 19.1. The van der Waals surface area contributed by atoms with Crippen molar-refractivity contribution in [2.75, 3.05) is 25.3 Å². The van der Waals surface area contributed by atoms with E-state index in [1.807, 2.05) is 32.0 Å². The number of nitrogens with zero attached hydrogens (tertiary/aromatic N) is 2. The van der Waals surface area contributed by atoms with Crippen LogP contribution in [0.2, 0.25) is 0 Å². The van der Waals surface area contributed by atoms with E-state index in [1.54, 1.807) is 12.1 Å². The van der Waals surface area contributed by atoms with Crippen molar-refractivity contribution in [3.63, 3.8) is 0 Å². The number of carbonyl (C=O) groups is 4. The van der Waals surface area contributed by atoms with Crippen molar-refractivity contribution >= 4 is 29.3 Å². The lowest BCUT2D eigenvalue weighted by Crippen LogP contribution is -2.33. The summed E-state index contributed by atoms with van der Waals surface area (Å²) < 4.78 is 44.0. The van der Waals surface area contributed by atoms with E-state index >= 15 is 0 Å². The van der Waals surface area contributed by atoms with Gasteiger partial charge in [-0.05, 0) is 83.6 Å². The molecule has 4 aromatic rings. The average molecular weight is 597 g/mol. The Balaban J connectivity index is 1.39. The van der Waals surface area contributed by atoms with Crippen molar-refractivity contribution < 1.29 is 32.3 Å². The Kier molecular flexibility index (Phi) is 6.99. The summed E-state index contributed by atoms with van der Waals surface area (Å²) in [7, 11) is 1.32. The lowest BCUT2D eigenvalue weighted by atomic mass is 9.75. The van der Waals surface area contributed by atoms with E-state index in [-0.39, 0.29) is 39.1 Å². The fourth-order valence-electron chi connectivity index (χ4n) is 6.15. The molecule has 0 saturated heterocycles. The van der Waals surface area contributed by atoms with Crippen LogP contribution >= 0.6 is 0 Å². The maximum atomic E-state index is 14.9. The maximum absolute atomic E-state index is 14.9. The molecule has 0 saturated carbocycles. The summed E-state index contributed by atoms with van der Waals surface area (Å²) in [6, 6.07) is 18.6. The molecule has 0 spiro atoms. The van der Waals surface area contributed by atoms with Gasteiger partial charge in [0.05, 0.1) is 33.4 Å². The molecule has 0 aliphatic carbocycles. The second kappa shape index (κ2) is 10.6. The Bertz CT molecular complexity index is 1910. The molecule has 0 bridgehead atoms. The standard InChI is InChI=1S/C35H27F3N2O4/c1-19-4-8-25(20(2)12-19)26-11-7-24(13-21(26)16-36)40-33(43)28-10-6-23(15-30(28)34(40)44)35(17-37,18-38)22-5-9-27-29(14-22)32(42)39(3)31(27)41/h4-15H,16-18H2,1-3H3. The van der Waals surface area contributed by atoms with Crippen molar-refractivity contribution in [3.8, 4) is 11.1 Å². The molecule has 0 atom stereocenters. The van der Waals surface area contributed by atoms with Crippen LogP contribution in [0.15, 0.2) is 72.8 Å². The third-order valence-corrected chi connectivity index (χ3v) is 8.70. The third kappa shape index (κ3) is 4.17. The number of carbonyl (C=O) groups excluding carboxylic acids is 4. The first-order valence-electron chi connectivity index (χ1n) is 13.9. The summed E-state index contributed by atoms with van der Waals surface area (Å²) in [5.41, 5.74) is 2.43. The van der Waals surface area contributed by atoms with Crippen LogP contribution in [0.3, 0.4) is 0 Å². The zero-order valence-corrected chi connectivity index (χ0v) is 24.2. The molecule has 0 aromatic heterocycles. The molecular formula is C35H27F3N2O4. The largest absolute Gasteiger partial charge is 0.277 e. The van der Waals surface area contributed by atoms with Gasteiger partial charge in [0, 0.05) is 7.05 Å². The van der Waals surface area contributed by atoms with Crippen LogP contribution in [0.5, 0.6) is 0 Å². The molecular weight excluding hydrogens is 569 g/mol. The Labute approximate surface area is 251 Å². The molecule has 2 aliphatic heterocycles. The number of anilines is 1. The first-order chi connectivity index (χ1) is 21.1. The number of hydrogen-bond acceptors (Lipinski definition) is 4. The number of amides is 4. The minimum atomic E-state index is -1.90. The molecule has 4 amide bonds. The average Bonchev–Trinajstić information content (AvgIpc) is 3.41. The highest BCUT2D eigenvalue weighted by Gasteiger charge is 2.42. The number of imide groups is 2. The molecule has 6 rings (SSSR count). The fourth-order valence-corrected chi connectivity index (χ4v) is 6.15. The van der Waals surface area contributed by atoms with E-state index in [4.69, 9.17) is 0 Å². The van der Waals surface area contributed by atoms with Gasteiger partial charge in [0.15, 0.2) is 0 Å². The van der Waals surface area contributed by atoms with Crippen molar-refractivity contribution in [1.82, 2.24) is 4.90 Å². The number of aryl methyl sites for hydroxylation is 2. The predicted molar refractivity (Wildman–Crippen MR) is 159 cm³/mol. The van der Waals surface area contributed by atoms with Crippen LogP contribution in [-0.4, -0.2) is 48.9 Å². The number of fused-ring (bicyclic) bond motifs is 2. The van der Waals surface area contributed by atoms with E-state index in [2.05, 4.69) is 0 Å². The topological polar surface area (TPSA) is 74.8 Å². The van der Waals surface area contributed by atoms with Crippen molar-refractivity contribution in [1.29, 1.82) is 0 Å². The zero-order chi connectivity index (χ0) is 31.5. The highest BCUT2D eigenvalue weighted by Crippen LogP contribution is 2.40. The van der Waals surface area contributed by atoms with E-state index < -0.39 is 49.1 Å². The number of rotatable bonds is 7. The Morgan fingerprint density at radius 1 is 0.591 bits per heavy atom. The zero-order valence-electron chi connectivity index (χ0n) is 24.2. The van der Waals surface area contributed by atoms with Crippen molar-refractivity contribution in [2.24, 2.45) is 0 Å². The second-order valence-corrected chi connectivity index (χ2v) is 11.3. The van der Waals surface area contributed by atoms with Crippen LogP contribution in [0.25, 0.3) is 11.1 Å². The minimum Gasteiger partial charge on any atom is -0.277 e. The summed E-state index contributed by atoms with van der Waals surface area (Å²) in [6.45, 7) is 0.620. The van der Waals surface area contributed by atoms with Gasteiger partial charge >= 0.3 is 0 Å². The first kappa shape index (κ1) is 29.0. The number of halogens is 3. The van der Waals surface area contributed by atoms with Gasteiger partial charge in [0.25, 0.3) is 23.6 Å². The molecule has 9 heteroatoms. The molecule has 0 fully saturated rings. The monoisotopic (exact) mass is 596 g/mol. The van der Waals surface area contributed by atoms with Crippen LogP contribution in [-0.2, 0) is 12.1 Å². The second-order valence-electron chi connectivity index (χ2n) is 11.3. The summed E-state index contributed by atoms with van der Waals surface area (Å²) in [5.74, 6) is -2.45. The normalized spacial score (nSPS) is 14.5.